The Morgan fingerprint density at radius 1 is 0.800 bits per heavy atom. The van der Waals surface area contributed by atoms with Crippen LogP contribution in [0.25, 0.3) is 0 Å². The molecular formula is C14H30O10S. The zero-order valence-electron chi connectivity index (χ0n) is 14.2. The van der Waals surface area contributed by atoms with Gasteiger partial charge >= 0.3 is 0 Å². The minimum Gasteiger partial charge on any atom is -0.396 e. The summed E-state index contributed by atoms with van der Waals surface area (Å²) in [6.45, 7) is 0.457. The Morgan fingerprint density at radius 3 is 1.80 bits per heavy atom. The molecule has 0 aliphatic rings. The molecule has 3 unspecified atom stereocenters. The van der Waals surface area contributed by atoms with E-state index >= 15 is 0 Å². The Kier molecular flexibility index (Phi) is 12.3. The molecule has 0 aromatic carbocycles. The molecule has 9 N–H and O–H groups in total. The van der Waals surface area contributed by atoms with Crippen LogP contribution in [-0.4, -0.2) is 114 Å². The zero-order chi connectivity index (χ0) is 19.7. The van der Waals surface area contributed by atoms with Gasteiger partial charge in [0.05, 0.1) is 12.2 Å². The molecular weight excluding hydrogens is 360 g/mol. The fourth-order valence-electron chi connectivity index (χ4n) is 2.05. The van der Waals surface area contributed by atoms with Crippen molar-refractivity contribution in [2.24, 2.45) is 5.92 Å². The molecule has 0 aromatic heterocycles. The first-order chi connectivity index (χ1) is 11.6. The lowest BCUT2D eigenvalue weighted by Gasteiger charge is -2.33. The maximum atomic E-state index is 10.0. The molecule has 0 fully saturated rings. The third-order valence-electron chi connectivity index (χ3n) is 3.86. The largest absolute Gasteiger partial charge is 0.396 e. The summed E-state index contributed by atoms with van der Waals surface area (Å²) >= 11 is 0.855. The van der Waals surface area contributed by atoms with E-state index in [1.54, 1.807) is 0 Å². The second-order valence-electron chi connectivity index (χ2n) is 5.82. The topological polar surface area (TPSA) is 191 Å². The van der Waals surface area contributed by atoms with Gasteiger partial charge in [-0.2, -0.15) is 0 Å². The fraction of sp³-hybridized carbons (Fsp3) is 1.00. The van der Waals surface area contributed by atoms with Crippen LogP contribution < -0.4 is 0 Å². The Morgan fingerprint density at radius 2 is 1.36 bits per heavy atom. The molecule has 0 amide bonds. The van der Waals surface area contributed by atoms with E-state index in [4.69, 9.17) is 14.9 Å². The van der Waals surface area contributed by atoms with E-state index < -0.39 is 67.5 Å². The number of aliphatic hydroxyl groups excluding tert-OH is 9. The van der Waals surface area contributed by atoms with Crippen molar-refractivity contribution in [3.63, 3.8) is 0 Å². The van der Waals surface area contributed by atoms with Gasteiger partial charge in [0.1, 0.15) is 29.9 Å². The molecule has 152 valence electrons. The van der Waals surface area contributed by atoms with Gasteiger partial charge in [0.15, 0.2) is 6.29 Å². The van der Waals surface area contributed by atoms with Crippen molar-refractivity contribution in [2.45, 2.75) is 61.7 Å². The number of thioether (sulfide) groups is 1. The van der Waals surface area contributed by atoms with Gasteiger partial charge in [-0.25, -0.2) is 0 Å². The molecule has 0 aliphatic carbocycles. The first kappa shape index (κ1) is 24.9. The van der Waals surface area contributed by atoms with E-state index in [-0.39, 0.29) is 6.42 Å². The van der Waals surface area contributed by atoms with Gasteiger partial charge in [0.2, 0.25) is 0 Å². The van der Waals surface area contributed by atoms with Gasteiger partial charge < -0.3 is 50.7 Å². The van der Waals surface area contributed by atoms with E-state index in [9.17, 15) is 35.7 Å². The van der Waals surface area contributed by atoms with Gasteiger partial charge in [-0.1, -0.05) is 6.92 Å². The number of rotatable bonds is 13. The highest BCUT2D eigenvalue weighted by atomic mass is 32.2. The lowest BCUT2D eigenvalue weighted by molar-refractivity contribution is -0.245. The summed E-state index contributed by atoms with van der Waals surface area (Å²) in [5, 5.41) is 86.6. The van der Waals surface area contributed by atoms with Crippen LogP contribution in [0.15, 0.2) is 0 Å². The van der Waals surface area contributed by atoms with Crippen LogP contribution in [0.2, 0.25) is 0 Å². The Labute approximate surface area is 150 Å². The highest BCUT2D eigenvalue weighted by Crippen LogP contribution is 2.20. The summed E-state index contributed by atoms with van der Waals surface area (Å²) in [6, 6.07) is 0. The predicted molar refractivity (Wildman–Crippen MR) is 88.4 cm³/mol. The Balaban J connectivity index is 4.94. The van der Waals surface area contributed by atoms with E-state index in [1.165, 1.54) is 13.2 Å². The predicted octanol–water partition coefficient (Wildman–Crippen LogP) is -3.81. The maximum Gasteiger partial charge on any atom is 0.183 e. The van der Waals surface area contributed by atoms with Gasteiger partial charge in [-0.3, -0.25) is 0 Å². The van der Waals surface area contributed by atoms with Crippen LogP contribution in [-0.2, 0) is 4.74 Å². The van der Waals surface area contributed by atoms with Crippen molar-refractivity contribution in [2.75, 3.05) is 19.5 Å². The third kappa shape index (κ3) is 7.61. The van der Waals surface area contributed by atoms with E-state index in [1.807, 2.05) is 0 Å². The molecule has 0 radical (unpaired) electrons. The normalized spacial score (nSPS) is 23.2. The molecule has 0 heterocycles. The van der Waals surface area contributed by atoms with Crippen molar-refractivity contribution in [3.05, 3.63) is 0 Å². The lowest BCUT2D eigenvalue weighted by atomic mass is 9.96. The van der Waals surface area contributed by atoms with Crippen molar-refractivity contribution in [1.82, 2.24) is 0 Å². The van der Waals surface area contributed by atoms with Gasteiger partial charge in [-0.15, -0.1) is 11.8 Å². The van der Waals surface area contributed by atoms with E-state index in [0.717, 1.165) is 11.8 Å². The summed E-state index contributed by atoms with van der Waals surface area (Å²) in [7, 11) is 0. The van der Waals surface area contributed by atoms with Crippen LogP contribution in [0.4, 0.5) is 0 Å². The molecule has 25 heavy (non-hydrogen) atoms. The standard InChI is InChI=1S/C14H30O10S/c1-6(5-16)8(17)10(19)11(20)13(22)24-7(3-4-15)9(18)12(21)14(23)25-2/h6-23H,3-5H2,1-2H3/t6?,7-,8+,9-,10-,11?,12?,13-,14-/m0/s1. The lowest BCUT2D eigenvalue weighted by Crippen LogP contribution is -2.52. The van der Waals surface area contributed by atoms with Crippen molar-refractivity contribution >= 4 is 11.8 Å². The molecule has 0 aromatic rings. The van der Waals surface area contributed by atoms with Crippen LogP contribution >= 0.6 is 11.8 Å². The quantitative estimate of drug-likeness (QED) is 0.140. The first-order valence-corrected chi connectivity index (χ1v) is 9.07. The molecule has 10 nitrogen and oxygen atoms in total. The summed E-state index contributed by atoms with van der Waals surface area (Å²) in [6.07, 6.45) is -10.9. The monoisotopic (exact) mass is 390 g/mol. The maximum absolute atomic E-state index is 10.0. The molecule has 9 atom stereocenters. The summed E-state index contributed by atoms with van der Waals surface area (Å²) in [5.41, 5.74) is -1.35. The first-order valence-electron chi connectivity index (χ1n) is 7.78. The summed E-state index contributed by atoms with van der Waals surface area (Å²) in [5.74, 6) is -0.783. The van der Waals surface area contributed by atoms with Crippen molar-refractivity contribution < 1.29 is 50.7 Å². The van der Waals surface area contributed by atoms with Crippen LogP contribution in [0, 0.1) is 5.92 Å². The zero-order valence-corrected chi connectivity index (χ0v) is 15.0. The number of ether oxygens (including phenoxy) is 1. The van der Waals surface area contributed by atoms with Gasteiger partial charge in [0, 0.05) is 19.1 Å². The van der Waals surface area contributed by atoms with Crippen LogP contribution in [0.3, 0.4) is 0 Å². The minimum atomic E-state index is -2.07. The molecule has 0 bridgehead atoms. The Hall–Kier alpha value is -0.0500. The summed E-state index contributed by atoms with van der Waals surface area (Å²) < 4.78 is 5.00. The smallest absolute Gasteiger partial charge is 0.183 e. The molecule has 0 saturated heterocycles. The molecule has 0 rings (SSSR count). The highest BCUT2D eigenvalue weighted by molar-refractivity contribution is 7.99. The van der Waals surface area contributed by atoms with Gasteiger partial charge in [0.25, 0.3) is 0 Å². The summed E-state index contributed by atoms with van der Waals surface area (Å²) in [4.78, 5) is 0. The highest BCUT2D eigenvalue weighted by Gasteiger charge is 2.38. The molecule has 0 spiro atoms. The second kappa shape index (κ2) is 12.4. The number of hydrogen-bond donors (Lipinski definition) is 9. The average Bonchev–Trinajstić information content (AvgIpc) is 2.62. The fourth-order valence-corrected chi connectivity index (χ4v) is 2.49. The van der Waals surface area contributed by atoms with Crippen molar-refractivity contribution in [1.29, 1.82) is 0 Å². The molecule has 0 saturated carbocycles. The van der Waals surface area contributed by atoms with E-state index in [2.05, 4.69) is 0 Å². The number of hydrogen-bond acceptors (Lipinski definition) is 11. The number of aliphatic hydroxyl groups is 9. The van der Waals surface area contributed by atoms with Crippen LogP contribution in [0.5, 0.6) is 0 Å². The molecule has 11 heteroatoms. The Bertz CT molecular complexity index is 350. The van der Waals surface area contributed by atoms with Crippen molar-refractivity contribution in [3.8, 4) is 0 Å². The van der Waals surface area contributed by atoms with Crippen LogP contribution in [0.1, 0.15) is 13.3 Å². The SMILES string of the molecule is CS[C@H](O)C(O)[C@@H](O)[C@H](CCO)O[C@H](O)C(O)[C@@H](O)[C@H](O)C(C)CO. The second-order valence-corrected chi connectivity index (χ2v) is 6.77. The molecule has 0 aliphatic heterocycles. The van der Waals surface area contributed by atoms with E-state index in [0.29, 0.717) is 0 Å². The van der Waals surface area contributed by atoms with Gasteiger partial charge in [-0.05, 0) is 12.7 Å². The average molecular weight is 390 g/mol. The minimum absolute atomic E-state index is 0.241. The third-order valence-corrected chi connectivity index (χ3v) is 4.62.